The van der Waals surface area contributed by atoms with Gasteiger partial charge in [-0.3, -0.25) is 4.79 Å². The summed E-state index contributed by atoms with van der Waals surface area (Å²) in [5.41, 5.74) is 0.713. The Balaban J connectivity index is 2.44. The maximum Gasteiger partial charge on any atom is 0.305 e. The SMILES string of the molecule is COC(=O)CCCc1csc(NS(N)(=O)=O)n1. The van der Waals surface area contributed by atoms with Gasteiger partial charge in [0.2, 0.25) is 0 Å². The Morgan fingerprint density at radius 3 is 2.94 bits per heavy atom. The highest BCUT2D eigenvalue weighted by molar-refractivity contribution is 7.90. The quantitative estimate of drug-likeness (QED) is 0.725. The topological polar surface area (TPSA) is 111 Å². The minimum absolute atomic E-state index is 0.223. The Bertz CT molecular complexity index is 483. The second-order valence-electron chi connectivity index (χ2n) is 3.22. The Morgan fingerprint density at radius 1 is 1.65 bits per heavy atom. The van der Waals surface area contributed by atoms with Crippen molar-refractivity contribution in [2.75, 3.05) is 11.8 Å². The van der Waals surface area contributed by atoms with Crippen molar-refractivity contribution in [2.24, 2.45) is 5.14 Å². The van der Waals surface area contributed by atoms with Crippen LogP contribution in [0, 0.1) is 0 Å². The molecular weight excluding hydrogens is 266 g/mol. The van der Waals surface area contributed by atoms with E-state index in [4.69, 9.17) is 5.14 Å². The van der Waals surface area contributed by atoms with E-state index in [1.165, 1.54) is 7.11 Å². The van der Waals surface area contributed by atoms with Crippen LogP contribution in [0.1, 0.15) is 18.5 Å². The molecule has 0 bridgehead atoms. The Kier molecular flexibility index (Phi) is 4.85. The molecule has 0 spiro atoms. The van der Waals surface area contributed by atoms with Crippen molar-refractivity contribution in [1.82, 2.24) is 4.98 Å². The number of carbonyl (C=O) groups is 1. The van der Waals surface area contributed by atoms with E-state index in [2.05, 4.69) is 14.4 Å². The zero-order valence-corrected chi connectivity index (χ0v) is 10.8. The number of carbonyl (C=O) groups excluding carboxylic acids is 1. The first-order valence-electron chi connectivity index (χ1n) is 4.72. The lowest BCUT2D eigenvalue weighted by Crippen LogP contribution is -2.21. The van der Waals surface area contributed by atoms with Crippen LogP contribution >= 0.6 is 11.3 Å². The summed E-state index contributed by atoms with van der Waals surface area (Å²) in [6.07, 6.45) is 1.50. The lowest BCUT2D eigenvalue weighted by Gasteiger charge is -1.98. The molecule has 96 valence electrons. The lowest BCUT2D eigenvalue weighted by atomic mass is 10.2. The summed E-state index contributed by atoms with van der Waals surface area (Å²) in [7, 11) is -2.45. The molecule has 0 fully saturated rings. The van der Waals surface area contributed by atoms with Crippen molar-refractivity contribution in [3.05, 3.63) is 11.1 Å². The molecular formula is C8H13N3O4S2. The smallest absolute Gasteiger partial charge is 0.305 e. The number of ether oxygens (including phenoxy) is 1. The van der Waals surface area contributed by atoms with Gasteiger partial charge >= 0.3 is 5.97 Å². The van der Waals surface area contributed by atoms with Gasteiger partial charge in [-0.15, -0.1) is 11.3 Å². The molecule has 17 heavy (non-hydrogen) atoms. The zero-order valence-electron chi connectivity index (χ0n) is 9.17. The summed E-state index contributed by atoms with van der Waals surface area (Å²) in [6, 6.07) is 0. The fourth-order valence-corrected chi connectivity index (χ4v) is 2.52. The van der Waals surface area contributed by atoms with E-state index >= 15 is 0 Å². The number of hydrogen-bond acceptors (Lipinski definition) is 6. The highest BCUT2D eigenvalue weighted by Crippen LogP contribution is 2.17. The summed E-state index contributed by atoms with van der Waals surface area (Å²) < 4.78 is 28.0. The number of aromatic nitrogens is 1. The van der Waals surface area contributed by atoms with Crippen molar-refractivity contribution in [2.45, 2.75) is 19.3 Å². The predicted octanol–water partition coefficient (Wildman–Crippen LogP) is 0.254. The third-order valence-corrected chi connectivity index (χ3v) is 3.24. The minimum atomic E-state index is -3.78. The molecule has 9 heteroatoms. The molecule has 0 aliphatic rings. The monoisotopic (exact) mass is 279 g/mol. The van der Waals surface area contributed by atoms with E-state index in [1.807, 2.05) is 0 Å². The van der Waals surface area contributed by atoms with Crippen LogP contribution in [0.2, 0.25) is 0 Å². The first-order valence-corrected chi connectivity index (χ1v) is 7.15. The van der Waals surface area contributed by atoms with Gasteiger partial charge in [-0.1, -0.05) is 0 Å². The van der Waals surface area contributed by atoms with Gasteiger partial charge in [0, 0.05) is 11.8 Å². The molecule has 0 saturated heterocycles. The highest BCUT2D eigenvalue weighted by atomic mass is 32.2. The van der Waals surface area contributed by atoms with Gasteiger partial charge < -0.3 is 4.74 Å². The Labute approximate surface area is 103 Å². The molecule has 1 heterocycles. The van der Waals surface area contributed by atoms with Crippen LogP contribution in [0.5, 0.6) is 0 Å². The molecule has 0 aliphatic carbocycles. The van der Waals surface area contributed by atoms with Crippen LogP contribution in [0.3, 0.4) is 0 Å². The molecule has 0 amide bonds. The molecule has 1 aromatic heterocycles. The van der Waals surface area contributed by atoms with E-state index in [9.17, 15) is 13.2 Å². The predicted molar refractivity (Wildman–Crippen MR) is 63.8 cm³/mol. The van der Waals surface area contributed by atoms with E-state index in [0.717, 1.165) is 11.3 Å². The number of nitrogens with zero attached hydrogens (tertiary/aromatic N) is 1. The van der Waals surface area contributed by atoms with Crippen LogP contribution in [0.4, 0.5) is 5.13 Å². The average molecular weight is 279 g/mol. The molecule has 0 aromatic carbocycles. The van der Waals surface area contributed by atoms with Gasteiger partial charge in [0.25, 0.3) is 10.2 Å². The van der Waals surface area contributed by atoms with E-state index in [1.54, 1.807) is 5.38 Å². The Morgan fingerprint density at radius 2 is 2.35 bits per heavy atom. The summed E-state index contributed by atoms with van der Waals surface area (Å²) >= 11 is 1.14. The first-order chi connectivity index (χ1) is 7.90. The number of methoxy groups -OCH3 is 1. The summed E-state index contributed by atoms with van der Waals surface area (Å²) in [5, 5.41) is 6.74. The first kappa shape index (κ1) is 13.9. The molecule has 0 atom stereocenters. The fraction of sp³-hybridized carbons (Fsp3) is 0.500. The molecule has 0 unspecified atom stereocenters. The minimum Gasteiger partial charge on any atom is -0.469 e. The normalized spacial score (nSPS) is 11.2. The van der Waals surface area contributed by atoms with Crippen LogP contribution in [-0.4, -0.2) is 26.5 Å². The van der Waals surface area contributed by atoms with Crippen LogP contribution < -0.4 is 9.86 Å². The van der Waals surface area contributed by atoms with E-state index < -0.39 is 10.2 Å². The van der Waals surface area contributed by atoms with Crippen LogP contribution in [-0.2, 0) is 26.2 Å². The maximum absolute atomic E-state index is 10.8. The van der Waals surface area contributed by atoms with Gasteiger partial charge in [-0.2, -0.15) is 8.42 Å². The number of anilines is 1. The van der Waals surface area contributed by atoms with Crippen LogP contribution in [0.25, 0.3) is 0 Å². The lowest BCUT2D eigenvalue weighted by molar-refractivity contribution is -0.140. The van der Waals surface area contributed by atoms with E-state index in [0.29, 0.717) is 25.0 Å². The van der Waals surface area contributed by atoms with Gasteiger partial charge in [0.1, 0.15) is 0 Å². The van der Waals surface area contributed by atoms with Gasteiger partial charge in [0.05, 0.1) is 12.8 Å². The summed E-state index contributed by atoms with van der Waals surface area (Å²) in [4.78, 5) is 14.9. The zero-order chi connectivity index (χ0) is 12.9. The largest absolute Gasteiger partial charge is 0.469 e. The summed E-state index contributed by atoms with van der Waals surface area (Å²) in [5.74, 6) is -0.275. The third kappa shape index (κ3) is 5.61. The standard InChI is InChI=1S/C8H13N3O4S2/c1-15-7(12)4-2-3-6-5-16-8(10-6)11-17(9,13)14/h5H,2-4H2,1H3,(H,10,11)(H2,9,13,14). The molecule has 7 nitrogen and oxygen atoms in total. The van der Waals surface area contributed by atoms with E-state index in [-0.39, 0.29) is 11.1 Å². The number of hydrogen-bond donors (Lipinski definition) is 2. The number of thiazole rings is 1. The number of nitrogens with two attached hydrogens (primary N) is 1. The molecule has 3 N–H and O–H groups in total. The van der Waals surface area contributed by atoms with Crippen molar-refractivity contribution < 1.29 is 17.9 Å². The van der Waals surface area contributed by atoms with Crippen molar-refractivity contribution >= 4 is 32.6 Å². The average Bonchev–Trinajstić information content (AvgIpc) is 2.62. The van der Waals surface area contributed by atoms with Crippen molar-refractivity contribution in [3.8, 4) is 0 Å². The molecule has 0 saturated carbocycles. The fourth-order valence-electron chi connectivity index (χ4n) is 1.11. The number of esters is 1. The third-order valence-electron chi connectivity index (χ3n) is 1.82. The number of rotatable bonds is 6. The van der Waals surface area contributed by atoms with Gasteiger partial charge in [0.15, 0.2) is 5.13 Å². The van der Waals surface area contributed by atoms with Gasteiger partial charge in [-0.25, -0.2) is 14.8 Å². The number of aryl methyl sites for hydroxylation is 1. The molecule has 0 radical (unpaired) electrons. The Hall–Kier alpha value is -1.19. The van der Waals surface area contributed by atoms with Crippen molar-refractivity contribution in [3.63, 3.8) is 0 Å². The molecule has 0 aliphatic heterocycles. The molecule has 1 rings (SSSR count). The highest BCUT2D eigenvalue weighted by Gasteiger charge is 2.08. The summed E-state index contributed by atoms with van der Waals surface area (Å²) in [6.45, 7) is 0. The molecule has 1 aromatic rings. The van der Waals surface area contributed by atoms with Crippen LogP contribution in [0.15, 0.2) is 5.38 Å². The second kappa shape index (κ2) is 5.94. The maximum atomic E-state index is 10.8. The second-order valence-corrected chi connectivity index (χ2v) is 5.37. The number of nitrogens with one attached hydrogen (secondary N) is 1. The van der Waals surface area contributed by atoms with Crippen molar-refractivity contribution in [1.29, 1.82) is 0 Å². The van der Waals surface area contributed by atoms with Gasteiger partial charge in [-0.05, 0) is 12.8 Å².